The summed E-state index contributed by atoms with van der Waals surface area (Å²) in [5.41, 5.74) is 1.61. The fourth-order valence-electron chi connectivity index (χ4n) is 3.49. The van der Waals surface area contributed by atoms with Crippen LogP contribution < -0.4 is 10.9 Å². The Morgan fingerprint density at radius 1 is 1.12 bits per heavy atom. The van der Waals surface area contributed by atoms with Crippen LogP contribution in [0.2, 0.25) is 5.02 Å². The van der Waals surface area contributed by atoms with Crippen molar-refractivity contribution in [3.05, 3.63) is 63.4 Å². The molecule has 1 amide bonds. The zero-order valence-corrected chi connectivity index (χ0v) is 19.9. The van der Waals surface area contributed by atoms with E-state index in [9.17, 15) is 14.4 Å². The van der Waals surface area contributed by atoms with E-state index in [2.05, 4.69) is 15.5 Å². The number of ketones is 1. The Morgan fingerprint density at radius 3 is 2.52 bits per heavy atom. The highest BCUT2D eigenvalue weighted by atomic mass is 35.5. The number of thioether (sulfide) groups is 1. The fraction of sp³-hybridized carbons (Fsp3) is 0.261. The molecular weight excluding hydrogens is 462 g/mol. The number of anilines is 1. The van der Waals surface area contributed by atoms with Gasteiger partial charge in [0.05, 0.1) is 16.7 Å². The SMILES string of the molecule is CC(=O)c1ccc(NC(=O)CSc2nnc3n(CC(C)C)c(=O)c4ccc(Cl)cc4n23)cc1. The second kappa shape index (κ2) is 9.36. The molecule has 0 aliphatic rings. The molecule has 8 nitrogen and oxygen atoms in total. The molecular formula is C23H22ClN5O3S. The van der Waals surface area contributed by atoms with Crippen molar-refractivity contribution in [2.24, 2.45) is 5.92 Å². The van der Waals surface area contributed by atoms with E-state index in [1.807, 2.05) is 13.8 Å². The Hall–Kier alpha value is -3.17. The van der Waals surface area contributed by atoms with Gasteiger partial charge in [-0.15, -0.1) is 10.2 Å². The van der Waals surface area contributed by atoms with Crippen molar-refractivity contribution in [1.82, 2.24) is 19.2 Å². The topological polar surface area (TPSA) is 98.4 Å². The van der Waals surface area contributed by atoms with Crippen molar-refractivity contribution in [3.8, 4) is 0 Å². The summed E-state index contributed by atoms with van der Waals surface area (Å²) in [4.78, 5) is 37.0. The number of carbonyl (C=O) groups is 2. The molecule has 0 radical (unpaired) electrons. The number of nitrogens with one attached hydrogen (secondary N) is 1. The molecule has 1 N–H and O–H groups in total. The fourth-order valence-corrected chi connectivity index (χ4v) is 4.40. The van der Waals surface area contributed by atoms with Gasteiger partial charge in [0.1, 0.15) is 0 Å². The van der Waals surface area contributed by atoms with Crippen LogP contribution in [0.1, 0.15) is 31.1 Å². The van der Waals surface area contributed by atoms with E-state index >= 15 is 0 Å². The summed E-state index contributed by atoms with van der Waals surface area (Å²) in [7, 11) is 0. The minimum Gasteiger partial charge on any atom is -0.325 e. The van der Waals surface area contributed by atoms with Gasteiger partial charge in [0, 0.05) is 22.8 Å². The summed E-state index contributed by atoms with van der Waals surface area (Å²) in [5, 5.41) is 12.8. The van der Waals surface area contributed by atoms with Gasteiger partial charge >= 0.3 is 0 Å². The standard InChI is InChI=1S/C23H22ClN5O3S/c1-13(2)11-28-21(32)18-9-6-16(24)10-19(18)29-22(28)26-27-23(29)33-12-20(31)25-17-7-4-15(5-8-17)14(3)30/h4-10,13H,11-12H2,1-3H3,(H,25,31). The minimum atomic E-state index is -0.231. The number of amides is 1. The highest BCUT2D eigenvalue weighted by Crippen LogP contribution is 2.24. The van der Waals surface area contributed by atoms with Crippen molar-refractivity contribution in [2.75, 3.05) is 11.1 Å². The van der Waals surface area contributed by atoms with Crippen LogP contribution in [-0.4, -0.2) is 36.6 Å². The van der Waals surface area contributed by atoms with Crippen LogP contribution in [0.3, 0.4) is 0 Å². The lowest BCUT2D eigenvalue weighted by Gasteiger charge is -2.13. The molecule has 0 fully saturated rings. The molecule has 2 aromatic heterocycles. The van der Waals surface area contributed by atoms with Gasteiger partial charge in [-0.25, -0.2) is 0 Å². The summed E-state index contributed by atoms with van der Waals surface area (Å²) < 4.78 is 3.37. The van der Waals surface area contributed by atoms with Crippen LogP contribution >= 0.6 is 23.4 Å². The second-order valence-electron chi connectivity index (χ2n) is 8.06. The third kappa shape index (κ3) is 4.79. The van der Waals surface area contributed by atoms with Gasteiger partial charge in [-0.2, -0.15) is 0 Å². The molecule has 0 atom stereocenters. The van der Waals surface area contributed by atoms with E-state index in [1.165, 1.54) is 18.7 Å². The average molecular weight is 484 g/mol. The molecule has 4 aromatic rings. The lowest BCUT2D eigenvalue weighted by molar-refractivity contribution is -0.113. The van der Waals surface area contributed by atoms with E-state index in [0.717, 1.165) is 0 Å². The molecule has 33 heavy (non-hydrogen) atoms. The molecule has 0 saturated carbocycles. The largest absolute Gasteiger partial charge is 0.325 e. The van der Waals surface area contributed by atoms with E-state index in [0.29, 0.717) is 44.7 Å². The Bertz CT molecular complexity index is 1430. The number of nitrogens with zero attached hydrogens (tertiary/aromatic N) is 4. The van der Waals surface area contributed by atoms with Gasteiger partial charge in [0.2, 0.25) is 11.7 Å². The predicted octanol–water partition coefficient (Wildman–Crippen LogP) is 4.29. The van der Waals surface area contributed by atoms with E-state index in [1.54, 1.807) is 51.4 Å². The third-order valence-electron chi connectivity index (χ3n) is 4.99. The van der Waals surface area contributed by atoms with Crippen LogP contribution in [0.4, 0.5) is 5.69 Å². The average Bonchev–Trinajstić information content (AvgIpc) is 3.19. The number of halogens is 1. The van der Waals surface area contributed by atoms with Gasteiger partial charge in [0.15, 0.2) is 10.9 Å². The molecule has 4 rings (SSSR count). The van der Waals surface area contributed by atoms with Gasteiger partial charge in [-0.1, -0.05) is 37.2 Å². The molecule has 0 spiro atoms. The van der Waals surface area contributed by atoms with E-state index in [4.69, 9.17) is 11.6 Å². The van der Waals surface area contributed by atoms with Crippen molar-refractivity contribution >= 4 is 57.4 Å². The van der Waals surface area contributed by atoms with Gasteiger partial charge in [-0.05, 0) is 55.3 Å². The van der Waals surface area contributed by atoms with Crippen LogP contribution in [0.25, 0.3) is 16.7 Å². The van der Waals surface area contributed by atoms with Crippen LogP contribution in [0, 0.1) is 5.92 Å². The Morgan fingerprint density at radius 2 is 1.85 bits per heavy atom. The first kappa shape index (κ1) is 23.0. The number of Topliss-reactive ketones (excluding diaryl/α,β-unsaturated/α-hetero) is 1. The molecule has 0 saturated heterocycles. The second-order valence-corrected chi connectivity index (χ2v) is 9.44. The third-order valence-corrected chi connectivity index (χ3v) is 6.15. The number of fused-ring (bicyclic) bond motifs is 3. The molecule has 2 heterocycles. The maximum atomic E-state index is 13.1. The smallest absolute Gasteiger partial charge is 0.262 e. The molecule has 0 aliphatic heterocycles. The highest BCUT2D eigenvalue weighted by Gasteiger charge is 2.18. The number of hydrogen-bond acceptors (Lipinski definition) is 6. The van der Waals surface area contributed by atoms with Crippen LogP contribution in [0.15, 0.2) is 52.4 Å². The number of hydrogen-bond donors (Lipinski definition) is 1. The lowest BCUT2D eigenvalue weighted by Crippen LogP contribution is -2.25. The number of benzene rings is 2. The Balaban J connectivity index is 1.64. The van der Waals surface area contributed by atoms with E-state index in [-0.39, 0.29) is 28.9 Å². The molecule has 2 aromatic carbocycles. The molecule has 10 heteroatoms. The van der Waals surface area contributed by atoms with Crippen molar-refractivity contribution < 1.29 is 9.59 Å². The summed E-state index contributed by atoms with van der Waals surface area (Å²) in [6, 6.07) is 11.8. The maximum absolute atomic E-state index is 13.1. The minimum absolute atomic E-state index is 0.0367. The number of carbonyl (C=O) groups excluding carboxylic acids is 2. The lowest BCUT2D eigenvalue weighted by atomic mass is 10.1. The van der Waals surface area contributed by atoms with E-state index < -0.39 is 0 Å². The predicted molar refractivity (Wildman–Crippen MR) is 130 cm³/mol. The highest BCUT2D eigenvalue weighted by molar-refractivity contribution is 7.99. The molecule has 0 aliphatic carbocycles. The summed E-state index contributed by atoms with van der Waals surface area (Å²) >= 11 is 7.42. The summed E-state index contributed by atoms with van der Waals surface area (Å²) in [5.74, 6) is 0.451. The molecule has 170 valence electrons. The monoisotopic (exact) mass is 483 g/mol. The first-order valence-electron chi connectivity index (χ1n) is 10.4. The van der Waals surface area contributed by atoms with Crippen molar-refractivity contribution in [2.45, 2.75) is 32.5 Å². The Kier molecular flexibility index (Phi) is 6.53. The number of rotatable bonds is 7. The number of aromatic nitrogens is 4. The normalized spacial score (nSPS) is 11.4. The molecule has 0 unspecified atom stereocenters. The first-order chi connectivity index (χ1) is 15.7. The zero-order valence-electron chi connectivity index (χ0n) is 18.3. The molecule has 0 bridgehead atoms. The first-order valence-corrected chi connectivity index (χ1v) is 11.7. The summed E-state index contributed by atoms with van der Waals surface area (Å²) in [6.45, 7) is 6.02. The van der Waals surface area contributed by atoms with Crippen molar-refractivity contribution in [1.29, 1.82) is 0 Å². The zero-order chi connectivity index (χ0) is 23.7. The van der Waals surface area contributed by atoms with Crippen LogP contribution in [0.5, 0.6) is 0 Å². The van der Waals surface area contributed by atoms with Crippen LogP contribution in [-0.2, 0) is 11.3 Å². The van der Waals surface area contributed by atoms with Gasteiger partial charge in [-0.3, -0.25) is 23.4 Å². The maximum Gasteiger partial charge on any atom is 0.262 e. The quantitative estimate of drug-likeness (QED) is 0.311. The van der Waals surface area contributed by atoms with Gasteiger partial charge < -0.3 is 5.32 Å². The Labute approximate surface area is 199 Å². The van der Waals surface area contributed by atoms with Gasteiger partial charge in [0.25, 0.3) is 5.56 Å². The van der Waals surface area contributed by atoms with Crippen molar-refractivity contribution in [3.63, 3.8) is 0 Å². The summed E-state index contributed by atoms with van der Waals surface area (Å²) in [6.07, 6.45) is 0.